The number of aliphatic hydroxyl groups is 3. The van der Waals surface area contributed by atoms with Crippen LogP contribution in [0.25, 0.3) is 0 Å². The van der Waals surface area contributed by atoms with Crippen LogP contribution in [0.4, 0.5) is 0 Å². The van der Waals surface area contributed by atoms with E-state index in [1.54, 1.807) is 0 Å². The summed E-state index contributed by atoms with van der Waals surface area (Å²) in [5.74, 6) is -1.09. The number of nitrogens with zero attached hydrogens (tertiary/aromatic N) is 1. The van der Waals surface area contributed by atoms with Crippen molar-refractivity contribution in [1.29, 1.82) is 0 Å². The lowest BCUT2D eigenvalue weighted by Crippen LogP contribution is -2.69. The molecule has 4 unspecified atom stereocenters. The van der Waals surface area contributed by atoms with Gasteiger partial charge in [-0.2, -0.15) is 0 Å². The van der Waals surface area contributed by atoms with Crippen LogP contribution in [0.5, 0.6) is 0 Å². The van der Waals surface area contributed by atoms with Crippen LogP contribution in [-0.2, 0) is 42.1 Å². The third-order valence-electron chi connectivity index (χ3n) is 6.41. The summed E-state index contributed by atoms with van der Waals surface area (Å²) in [6.45, 7) is 18.8. The third-order valence-corrected chi connectivity index (χ3v) is 9.80. The van der Waals surface area contributed by atoms with Gasteiger partial charge >= 0.3 is 5.97 Å². The molecular formula is C25H53NO12Si3. The highest BCUT2D eigenvalue weighted by molar-refractivity contribution is 6.71. The first-order chi connectivity index (χ1) is 18.9. The van der Waals surface area contributed by atoms with Gasteiger partial charge in [-0.15, -0.1) is 0 Å². The number of hydrogen-bond acceptors (Lipinski definition) is 12. The summed E-state index contributed by atoms with van der Waals surface area (Å²) >= 11 is 0. The van der Waals surface area contributed by atoms with Crippen molar-refractivity contribution in [3.05, 3.63) is 0 Å². The van der Waals surface area contributed by atoms with E-state index in [4.69, 9.17) is 32.5 Å². The number of carbonyl (C=O) groups excluding carboxylic acids is 2. The van der Waals surface area contributed by atoms with Crippen LogP contribution in [0.3, 0.4) is 0 Å². The van der Waals surface area contributed by atoms with E-state index in [9.17, 15) is 24.9 Å². The molecule has 0 bridgehead atoms. The van der Waals surface area contributed by atoms with Crippen molar-refractivity contribution in [3.63, 3.8) is 0 Å². The minimum absolute atomic E-state index is 0.0840. The molecule has 13 nitrogen and oxygen atoms in total. The van der Waals surface area contributed by atoms with Gasteiger partial charge in [-0.3, -0.25) is 9.59 Å². The molecule has 242 valence electrons. The lowest BCUT2D eigenvalue weighted by Gasteiger charge is -2.50. The maximum atomic E-state index is 13.2. The molecule has 2 saturated heterocycles. The van der Waals surface area contributed by atoms with E-state index in [0.29, 0.717) is 0 Å². The zero-order valence-corrected chi connectivity index (χ0v) is 30.1. The van der Waals surface area contributed by atoms with E-state index < -0.39 is 93.6 Å². The number of ether oxygens (including phenoxy) is 5. The predicted molar refractivity (Wildman–Crippen MR) is 159 cm³/mol. The molecule has 3 N–H and O–H groups in total. The van der Waals surface area contributed by atoms with Gasteiger partial charge in [-0.25, -0.2) is 0 Å². The number of rotatable bonds is 11. The van der Waals surface area contributed by atoms with E-state index in [0.717, 1.165) is 0 Å². The molecule has 1 amide bonds. The van der Waals surface area contributed by atoms with E-state index >= 15 is 0 Å². The first kappa shape index (κ1) is 38.3. The van der Waals surface area contributed by atoms with Crippen molar-refractivity contribution in [2.24, 2.45) is 0 Å². The minimum atomic E-state index is -2.39. The van der Waals surface area contributed by atoms with Crippen LogP contribution in [0, 0.1) is 0 Å². The molecule has 0 spiro atoms. The largest absolute Gasteiger partial charge is 0.518 e. The fourth-order valence-electron chi connectivity index (χ4n) is 4.64. The average Bonchev–Trinajstić information content (AvgIpc) is 2.87. The molecule has 0 aromatic rings. The first-order valence-corrected chi connectivity index (χ1v) is 23.0. The standard InChI is InChI=1S/C23H47NO12Si3.C2H6/c1-12(25)24(37-4)14-15(26)18(30-2)13(11-32-38(5,6)7)33-22(14)34-19-16(27)17(28)23(31-3)35-20(19)21(29)36-39(8,9)10;1-2/h13-20,22-23,26-28H,11,37H2,1-10H3;1-2H3/t13-,14?,15-,16-,17-,18?,19?,20+,22?,23+;/m1./s1. The van der Waals surface area contributed by atoms with Crippen LogP contribution in [0.15, 0.2) is 0 Å². The van der Waals surface area contributed by atoms with E-state index in [2.05, 4.69) is 0 Å². The highest BCUT2D eigenvalue weighted by Gasteiger charge is 2.55. The molecule has 0 aliphatic carbocycles. The molecule has 0 aromatic carbocycles. The summed E-state index contributed by atoms with van der Waals surface area (Å²) in [5.41, 5.74) is 0. The second-order valence-corrected chi connectivity index (χ2v) is 22.0. The Hall–Kier alpha value is -0.769. The van der Waals surface area contributed by atoms with E-state index in [-0.39, 0.29) is 12.5 Å². The van der Waals surface area contributed by atoms with Crippen molar-refractivity contribution >= 4 is 38.2 Å². The van der Waals surface area contributed by atoms with Crippen molar-refractivity contribution in [2.45, 2.75) is 128 Å². The Labute approximate surface area is 248 Å². The highest BCUT2D eigenvalue weighted by atomic mass is 28.4. The van der Waals surface area contributed by atoms with Gasteiger partial charge in [0.25, 0.3) is 0 Å². The van der Waals surface area contributed by atoms with E-state index in [1.165, 1.54) is 25.7 Å². The van der Waals surface area contributed by atoms with Crippen molar-refractivity contribution in [2.75, 3.05) is 20.8 Å². The predicted octanol–water partition coefficient (Wildman–Crippen LogP) is 0.170. The molecule has 0 aromatic heterocycles. The van der Waals surface area contributed by atoms with Gasteiger partial charge in [0.15, 0.2) is 27.0 Å². The van der Waals surface area contributed by atoms with Gasteiger partial charge in [0.05, 0.1) is 6.61 Å². The lowest BCUT2D eigenvalue weighted by atomic mass is 9.95. The van der Waals surface area contributed by atoms with Crippen LogP contribution >= 0.6 is 0 Å². The number of amides is 1. The molecule has 2 rings (SSSR count). The zero-order chi connectivity index (χ0) is 31.9. The first-order valence-electron chi connectivity index (χ1n) is 14.2. The highest BCUT2D eigenvalue weighted by Crippen LogP contribution is 2.33. The molecule has 2 aliphatic rings. The van der Waals surface area contributed by atoms with Crippen molar-refractivity contribution < 1.29 is 57.4 Å². The topological polar surface area (TPSA) is 163 Å². The summed E-state index contributed by atoms with van der Waals surface area (Å²) in [4.78, 5) is 25.8. The van der Waals surface area contributed by atoms with Crippen molar-refractivity contribution in [3.8, 4) is 0 Å². The molecule has 10 atom stereocenters. The molecule has 0 saturated carbocycles. The maximum absolute atomic E-state index is 13.2. The molecular weight excluding hydrogens is 591 g/mol. The molecule has 16 heteroatoms. The fraction of sp³-hybridized carbons (Fsp3) is 0.920. The van der Waals surface area contributed by atoms with Gasteiger partial charge in [0, 0.05) is 21.1 Å². The summed E-state index contributed by atoms with van der Waals surface area (Å²) in [5, 5.41) is 33.1. The number of methoxy groups -OCH3 is 2. The molecule has 2 aliphatic heterocycles. The molecule has 0 radical (unpaired) electrons. The summed E-state index contributed by atoms with van der Waals surface area (Å²) in [6.07, 6.45) is -11.7. The number of aliphatic hydroxyl groups excluding tert-OH is 3. The van der Waals surface area contributed by atoms with E-state index in [1.807, 2.05) is 59.7 Å². The smallest absolute Gasteiger partial charge is 0.324 e. The second-order valence-electron chi connectivity index (χ2n) is 11.7. The fourth-order valence-corrected chi connectivity index (χ4v) is 7.28. The number of carbonyl (C=O) groups is 2. The SMILES string of the molecule is CC.COC1[C@H](O)C(N([SiH2]C)C(C)=O)C(OC2[C@@H](C(=O)O[Si](C)(C)C)O[C@H](OC)[C@H](O)[C@H]2O)O[C@@H]1CO[Si](C)(C)C. The van der Waals surface area contributed by atoms with Crippen LogP contribution < -0.4 is 0 Å². The average molecular weight is 644 g/mol. The minimum Gasteiger partial charge on any atom is -0.518 e. The number of hydrogen-bond donors (Lipinski definition) is 3. The lowest BCUT2D eigenvalue weighted by molar-refractivity contribution is -0.342. The Morgan fingerprint density at radius 3 is 1.88 bits per heavy atom. The summed E-state index contributed by atoms with van der Waals surface area (Å²) < 4.78 is 42.0. The third kappa shape index (κ3) is 10.4. The van der Waals surface area contributed by atoms with Gasteiger partial charge < -0.3 is 52.4 Å². The Morgan fingerprint density at radius 1 is 0.854 bits per heavy atom. The van der Waals surface area contributed by atoms with Crippen LogP contribution in [0.1, 0.15) is 20.8 Å². The maximum Gasteiger partial charge on any atom is 0.324 e. The molecule has 41 heavy (non-hydrogen) atoms. The zero-order valence-electron chi connectivity index (χ0n) is 26.7. The van der Waals surface area contributed by atoms with Gasteiger partial charge in [-0.05, 0) is 39.3 Å². The Bertz CT molecular complexity index is 827. The van der Waals surface area contributed by atoms with Crippen molar-refractivity contribution in [1.82, 2.24) is 4.57 Å². The second kappa shape index (κ2) is 16.3. The van der Waals surface area contributed by atoms with Gasteiger partial charge in [0.1, 0.15) is 52.3 Å². The normalized spacial score (nSPS) is 34.6. The van der Waals surface area contributed by atoms with Crippen LogP contribution in [-0.4, -0.2) is 140 Å². The Morgan fingerprint density at radius 2 is 1.44 bits per heavy atom. The monoisotopic (exact) mass is 643 g/mol. The van der Waals surface area contributed by atoms with Gasteiger partial charge in [-0.1, -0.05) is 20.4 Å². The van der Waals surface area contributed by atoms with Gasteiger partial charge in [0.2, 0.25) is 14.2 Å². The molecule has 2 fully saturated rings. The Balaban J connectivity index is 0.00000411. The molecule has 2 heterocycles. The van der Waals surface area contributed by atoms with Crippen LogP contribution in [0.2, 0.25) is 45.8 Å². The summed E-state index contributed by atoms with van der Waals surface area (Å²) in [6, 6.07) is -1.02. The quantitative estimate of drug-likeness (QED) is 0.262. The summed E-state index contributed by atoms with van der Waals surface area (Å²) in [7, 11) is -2.89. The Kier molecular flexibility index (Phi) is 15.2.